The molecule has 3 aromatic rings. The van der Waals surface area contributed by atoms with Crippen LogP contribution in [0.5, 0.6) is 5.75 Å². The van der Waals surface area contributed by atoms with Gasteiger partial charge in [-0.1, -0.05) is 6.07 Å². The van der Waals surface area contributed by atoms with E-state index >= 15 is 0 Å². The average Bonchev–Trinajstić information content (AvgIpc) is 2.81. The fourth-order valence-corrected chi connectivity index (χ4v) is 4.23. The molecule has 1 aliphatic rings. The number of methoxy groups -OCH3 is 1. The summed E-state index contributed by atoms with van der Waals surface area (Å²) < 4.78 is 7.02. The first-order valence-electron chi connectivity index (χ1n) is 11.0. The second-order valence-corrected chi connectivity index (χ2v) is 8.40. The van der Waals surface area contributed by atoms with Crippen molar-refractivity contribution in [1.82, 2.24) is 14.5 Å². The number of aromatic nitrogens is 2. The normalized spacial score (nSPS) is 14.1. The Morgan fingerprint density at radius 2 is 1.75 bits per heavy atom. The third-order valence-corrected chi connectivity index (χ3v) is 6.32. The quantitative estimate of drug-likeness (QED) is 0.617. The van der Waals surface area contributed by atoms with Crippen molar-refractivity contribution in [2.45, 2.75) is 33.7 Å². The van der Waals surface area contributed by atoms with Gasteiger partial charge in [0.2, 0.25) is 5.91 Å². The lowest BCUT2D eigenvalue weighted by Gasteiger charge is -2.36. The molecule has 168 valence electrons. The van der Waals surface area contributed by atoms with Crippen molar-refractivity contribution in [3.05, 3.63) is 63.6 Å². The van der Waals surface area contributed by atoms with Crippen LogP contribution in [0, 0.1) is 20.8 Å². The van der Waals surface area contributed by atoms with Crippen molar-refractivity contribution < 1.29 is 9.53 Å². The molecule has 0 bridgehead atoms. The summed E-state index contributed by atoms with van der Waals surface area (Å²) in [6.07, 6.45) is 0.296. The lowest BCUT2D eigenvalue weighted by atomic mass is 10.1. The van der Waals surface area contributed by atoms with Crippen molar-refractivity contribution in [3.63, 3.8) is 0 Å². The molecular weight excluding hydrogens is 404 g/mol. The number of piperazine rings is 1. The maximum atomic E-state index is 12.9. The summed E-state index contributed by atoms with van der Waals surface area (Å²) in [5.74, 6) is 0.908. The molecule has 0 N–H and O–H groups in total. The van der Waals surface area contributed by atoms with E-state index in [-0.39, 0.29) is 11.5 Å². The summed E-state index contributed by atoms with van der Waals surface area (Å²) in [7, 11) is 1.66. The highest BCUT2D eigenvalue weighted by atomic mass is 16.5. The van der Waals surface area contributed by atoms with Gasteiger partial charge in [-0.25, -0.2) is 4.98 Å². The number of hydrogen-bond acceptors (Lipinski definition) is 5. The molecule has 7 nitrogen and oxygen atoms in total. The number of fused-ring (bicyclic) bond motifs is 1. The summed E-state index contributed by atoms with van der Waals surface area (Å²) in [6, 6.07) is 12.0. The van der Waals surface area contributed by atoms with Crippen LogP contribution in [0.25, 0.3) is 11.0 Å². The Morgan fingerprint density at radius 3 is 2.47 bits per heavy atom. The third-order valence-electron chi connectivity index (χ3n) is 6.32. The van der Waals surface area contributed by atoms with Crippen molar-refractivity contribution in [2.75, 3.05) is 38.2 Å². The number of carbonyl (C=O) groups excluding carboxylic acids is 1. The van der Waals surface area contributed by atoms with E-state index in [2.05, 4.69) is 16.0 Å². The van der Waals surface area contributed by atoms with E-state index < -0.39 is 0 Å². The maximum absolute atomic E-state index is 12.9. The second-order valence-electron chi connectivity index (χ2n) is 8.40. The molecule has 1 aliphatic heterocycles. The van der Waals surface area contributed by atoms with E-state index in [0.29, 0.717) is 31.7 Å². The third kappa shape index (κ3) is 4.33. The minimum absolute atomic E-state index is 0.0774. The Labute approximate surface area is 188 Å². The predicted molar refractivity (Wildman–Crippen MR) is 127 cm³/mol. The van der Waals surface area contributed by atoms with E-state index in [0.717, 1.165) is 46.7 Å². The maximum Gasteiger partial charge on any atom is 0.272 e. The van der Waals surface area contributed by atoms with Gasteiger partial charge in [0.05, 0.1) is 18.1 Å². The Balaban J connectivity index is 1.44. The van der Waals surface area contributed by atoms with Gasteiger partial charge < -0.3 is 19.1 Å². The number of ether oxygens (including phenoxy) is 1. The van der Waals surface area contributed by atoms with Crippen LogP contribution in [0.2, 0.25) is 0 Å². The zero-order valence-electron chi connectivity index (χ0n) is 19.2. The van der Waals surface area contributed by atoms with Crippen molar-refractivity contribution >= 4 is 22.6 Å². The summed E-state index contributed by atoms with van der Waals surface area (Å²) in [6.45, 7) is 9.03. The first kappa shape index (κ1) is 21.9. The molecule has 2 heterocycles. The van der Waals surface area contributed by atoms with E-state index in [1.807, 2.05) is 49.1 Å². The van der Waals surface area contributed by atoms with Gasteiger partial charge in [-0.3, -0.25) is 9.59 Å². The van der Waals surface area contributed by atoms with Crippen LogP contribution in [0.1, 0.15) is 23.2 Å². The SMILES string of the molecule is COc1cccc(N2CCN(C(=O)CCn3c(=O)c(C)nc4cc(C)c(C)cc43)CC2)c1. The molecule has 7 heteroatoms. The molecule has 0 atom stereocenters. The predicted octanol–water partition coefficient (Wildman–Crippen LogP) is 3.07. The summed E-state index contributed by atoms with van der Waals surface area (Å²) in [5.41, 5.74) is 5.27. The van der Waals surface area contributed by atoms with Crippen LogP contribution < -0.4 is 15.2 Å². The second kappa shape index (κ2) is 9.02. The highest BCUT2D eigenvalue weighted by molar-refractivity contribution is 5.78. The lowest BCUT2D eigenvalue weighted by Crippen LogP contribution is -2.49. The first-order valence-corrected chi connectivity index (χ1v) is 11.0. The molecule has 1 amide bonds. The van der Waals surface area contributed by atoms with E-state index in [1.54, 1.807) is 18.6 Å². The van der Waals surface area contributed by atoms with Crippen molar-refractivity contribution in [1.29, 1.82) is 0 Å². The Kier molecular flexibility index (Phi) is 6.17. The number of amides is 1. The summed E-state index contributed by atoms with van der Waals surface area (Å²) >= 11 is 0. The van der Waals surface area contributed by atoms with Gasteiger partial charge in [0.1, 0.15) is 11.4 Å². The summed E-state index contributed by atoms with van der Waals surface area (Å²) in [4.78, 5) is 34.3. The van der Waals surface area contributed by atoms with E-state index in [4.69, 9.17) is 4.74 Å². The van der Waals surface area contributed by atoms with Gasteiger partial charge in [-0.05, 0) is 56.2 Å². The van der Waals surface area contributed by atoms with Crippen molar-refractivity contribution in [3.8, 4) is 5.75 Å². The fraction of sp³-hybridized carbons (Fsp3) is 0.400. The molecule has 32 heavy (non-hydrogen) atoms. The molecule has 0 spiro atoms. The highest BCUT2D eigenvalue weighted by Crippen LogP contribution is 2.22. The number of anilines is 1. The van der Waals surface area contributed by atoms with Gasteiger partial charge in [-0.2, -0.15) is 0 Å². The van der Waals surface area contributed by atoms with Crippen LogP contribution in [0.15, 0.2) is 41.2 Å². The number of hydrogen-bond donors (Lipinski definition) is 0. The topological polar surface area (TPSA) is 67.7 Å². The van der Waals surface area contributed by atoms with Crippen LogP contribution in [0.4, 0.5) is 5.69 Å². The minimum atomic E-state index is -0.128. The number of rotatable bonds is 5. The first-order chi connectivity index (χ1) is 15.4. The minimum Gasteiger partial charge on any atom is -0.497 e. The summed E-state index contributed by atoms with van der Waals surface area (Å²) in [5, 5.41) is 0. The molecule has 1 aromatic heterocycles. The molecule has 0 radical (unpaired) electrons. The molecule has 4 rings (SSSR count). The molecule has 2 aromatic carbocycles. The van der Waals surface area contributed by atoms with Crippen LogP contribution in [0.3, 0.4) is 0 Å². The van der Waals surface area contributed by atoms with Crippen LogP contribution in [-0.2, 0) is 11.3 Å². The number of carbonyl (C=O) groups is 1. The monoisotopic (exact) mass is 434 g/mol. The van der Waals surface area contributed by atoms with Gasteiger partial charge >= 0.3 is 0 Å². The molecule has 0 aliphatic carbocycles. The molecule has 0 unspecified atom stereocenters. The van der Waals surface area contributed by atoms with Gasteiger partial charge in [0, 0.05) is 50.9 Å². The molecule has 1 saturated heterocycles. The zero-order valence-corrected chi connectivity index (χ0v) is 19.2. The van der Waals surface area contributed by atoms with E-state index in [1.165, 1.54) is 0 Å². The molecular formula is C25H30N4O3. The Hall–Kier alpha value is -3.35. The molecule has 1 fully saturated rings. The van der Waals surface area contributed by atoms with Crippen molar-refractivity contribution in [2.24, 2.45) is 0 Å². The highest BCUT2D eigenvalue weighted by Gasteiger charge is 2.22. The Morgan fingerprint density at radius 1 is 1.03 bits per heavy atom. The largest absolute Gasteiger partial charge is 0.497 e. The number of nitrogens with zero attached hydrogens (tertiary/aromatic N) is 4. The van der Waals surface area contributed by atoms with Crippen LogP contribution in [-0.4, -0.2) is 53.6 Å². The Bertz CT molecular complexity index is 1210. The smallest absolute Gasteiger partial charge is 0.272 e. The van der Waals surface area contributed by atoms with Gasteiger partial charge in [0.25, 0.3) is 5.56 Å². The van der Waals surface area contributed by atoms with Crippen LogP contribution >= 0.6 is 0 Å². The standard InChI is InChI=1S/C25H30N4O3/c1-17-14-22-23(15-18(17)2)29(25(31)19(3)26-22)9-8-24(30)28-12-10-27(11-13-28)20-6-5-7-21(16-20)32-4/h5-7,14-16H,8-13H2,1-4H3. The van der Waals surface area contributed by atoms with E-state index in [9.17, 15) is 9.59 Å². The zero-order chi connectivity index (χ0) is 22.8. The molecule has 0 saturated carbocycles. The fourth-order valence-electron chi connectivity index (χ4n) is 4.23. The lowest BCUT2D eigenvalue weighted by molar-refractivity contribution is -0.131. The van der Waals surface area contributed by atoms with Gasteiger partial charge in [-0.15, -0.1) is 0 Å². The number of benzene rings is 2. The van der Waals surface area contributed by atoms with Gasteiger partial charge in [0.15, 0.2) is 0 Å². The number of aryl methyl sites for hydroxylation is 4. The average molecular weight is 435 g/mol.